The SMILES string of the molecule is Nc1cccc(C(F)(F)F)c1NC1CCN(C(=O)Cc2ccc3ncccc3c2)CC1. The molecule has 0 bridgehead atoms. The lowest BCUT2D eigenvalue weighted by Gasteiger charge is -2.33. The number of nitrogens with one attached hydrogen (secondary N) is 1. The number of carbonyl (C=O) groups is 1. The average molecular weight is 428 g/mol. The second-order valence-corrected chi connectivity index (χ2v) is 7.77. The fourth-order valence-corrected chi connectivity index (χ4v) is 3.97. The number of aromatic nitrogens is 1. The number of alkyl halides is 3. The predicted molar refractivity (Wildman–Crippen MR) is 115 cm³/mol. The molecular weight excluding hydrogens is 405 g/mol. The van der Waals surface area contributed by atoms with E-state index in [1.54, 1.807) is 11.1 Å². The summed E-state index contributed by atoms with van der Waals surface area (Å²) in [5, 5.41) is 3.95. The Hall–Kier alpha value is -3.29. The molecule has 31 heavy (non-hydrogen) atoms. The molecule has 3 N–H and O–H groups in total. The van der Waals surface area contributed by atoms with Gasteiger partial charge in [0, 0.05) is 30.7 Å². The Kier molecular flexibility index (Phi) is 5.71. The highest BCUT2D eigenvalue weighted by molar-refractivity contribution is 5.83. The number of pyridine rings is 1. The number of para-hydroxylation sites is 1. The number of halogens is 3. The highest BCUT2D eigenvalue weighted by Gasteiger charge is 2.35. The first-order chi connectivity index (χ1) is 14.8. The molecule has 0 aliphatic carbocycles. The highest BCUT2D eigenvalue weighted by atomic mass is 19.4. The first-order valence-electron chi connectivity index (χ1n) is 10.1. The van der Waals surface area contributed by atoms with Crippen LogP contribution in [0.15, 0.2) is 54.7 Å². The highest BCUT2D eigenvalue weighted by Crippen LogP contribution is 2.38. The van der Waals surface area contributed by atoms with Crippen molar-refractivity contribution in [1.29, 1.82) is 0 Å². The van der Waals surface area contributed by atoms with E-state index in [0.29, 0.717) is 25.9 Å². The van der Waals surface area contributed by atoms with Gasteiger partial charge in [-0.2, -0.15) is 13.2 Å². The Bertz CT molecular complexity index is 1090. The van der Waals surface area contributed by atoms with Crippen molar-refractivity contribution < 1.29 is 18.0 Å². The molecule has 2 aromatic carbocycles. The van der Waals surface area contributed by atoms with Crippen LogP contribution in [-0.2, 0) is 17.4 Å². The van der Waals surface area contributed by atoms with Crippen molar-refractivity contribution in [3.8, 4) is 0 Å². The van der Waals surface area contributed by atoms with Crippen LogP contribution in [0.25, 0.3) is 10.9 Å². The van der Waals surface area contributed by atoms with Gasteiger partial charge >= 0.3 is 6.18 Å². The molecular formula is C23H23F3N4O. The number of benzene rings is 2. The lowest BCUT2D eigenvalue weighted by Crippen LogP contribution is -2.43. The fourth-order valence-electron chi connectivity index (χ4n) is 3.97. The van der Waals surface area contributed by atoms with E-state index in [9.17, 15) is 18.0 Å². The third-order valence-electron chi connectivity index (χ3n) is 5.62. The lowest BCUT2D eigenvalue weighted by molar-refractivity contribution is -0.137. The van der Waals surface area contributed by atoms with Gasteiger partial charge in [-0.15, -0.1) is 0 Å². The molecule has 0 radical (unpaired) electrons. The Morgan fingerprint density at radius 3 is 2.65 bits per heavy atom. The van der Waals surface area contributed by atoms with Gasteiger partial charge in [-0.3, -0.25) is 9.78 Å². The van der Waals surface area contributed by atoms with Crippen LogP contribution in [0.1, 0.15) is 24.0 Å². The van der Waals surface area contributed by atoms with E-state index < -0.39 is 11.7 Å². The second-order valence-electron chi connectivity index (χ2n) is 7.77. The Morgan fingerprint density at radius 1 is 1.13 bits per heavy atom. The predicted octanol–water partition coefficient (Wildman–Crippen LogP) is 4.48. The molecule has 1 aliphatic rings. The van der Waals surface area contributed by atoms with Crippen LogP contribution in [0.3, 0.4) is 0 Å². The van der Waals surface area contributed by atoms with Crippen molar-refractivity contribution in [2.75, 3.05) is 24.1 Å². The van der Waals surface area contributed by atoms with E-state index in [1.807, 2.05) is 30.3 Å². The molecule has 4 rings (SSSR count). The van der Waals surface area contributed by atoms with Gasteiger partial charge in [-0.1, -0.05) is 18.2 Å². The minimum atomic E-state index is -4.48. The summed E-state index contributed by atoms with van der Waals surface area (Å²) in [5.41, 5.74) is 6.82. The monoisotopic (exact) mass is 428 g/mol. The fraction of sp³-hybridized carbons (Fsp3) is 0.304. The van der Waals surface area contributed by atoms with Crippen LogP contribution < -0.4 is 11.1 Å². The van der Waals surface area contributed by atoms with Crippen LogP contribution >= 0.6 is 0 Å². The summed E-state index contributed by atoms with van der Waals surface area (Å²) in [6, 6.07) is 13.2. The largest absolute Gasteiger partial charge is 0.418 e. The van der Waals surface area contributed by atoms with Gasteiger partial charge in [0.1, 0.15) is 0 Å². The molecule has 1 fully saturated rings. The zero-order valence-electron chi connectivity index (χ0n) is 16.8. The standard InChI is InChI=1S/C23H23F3N4O/c24-23(25,26)18-4-1-5-19(27)22(18)29-17-8-11-30(12-9-17)21(31)14-15-6-7-20-16(13-15)3-2-10-28-20/h1-7,10,13,17,29H,8-9,11-12,14,27H2. The topological polar surface area (TPSA) is 71.2 Å². The smallest absolute Gasteiger partial charge is 0.397 e. The molecule has 8 heteroatoms. The quantitative estimate of drug-likeness (QED) is 0.601. The number of rotatable bonds is 4. The molecule has 0 atom stereocenters. The third kappa shape index (κ3) is 4.73. The van der Waals surface area contributed by atoms with Crippen LogP contribution in [0.5, 0.6) is 0 Å². The second kappa shape index (κ2) is 8.45. The van der Waals surface area contributed by atoms with Gasteiger partial charge in [-0.05, 0) is 48.7 Å². The number of nitrogen functional groups attached to an aromatic ring is 1. The maximum atomic E-state index is 13.3. The number of amides is 1. The van der Waals surface area contributed by atoms with Crippen LogP contribution in [0, 0.1) is 0 Å². The van der Waals surface area contributed by atoms with Crippen molar-refractivity contribution >= 4 is 28.2 Å². The first-order valence-corrected chi connectivity index (χ1v) is 10.1. The minimum Gasteiger partial charge on any atom is -0.397 e. The lowest BCUT2D eigenvalue weighted by atomic mass is 10.0. The molecule has 5 nitrogen and oxygen atoms in total. The van der Waals surface area contributed by atoms with Crippen molar-refractivity contribution in [3.05, 3.63) is 65.9 Å². The summed E-state index contributed by atoms with van der Waals surface area (Å²) >= 11 is 0. The number of carbonyl (C=O) groups excluding carboxylic acids is 1. The molecule has 0 unspecified atom stereocenters. The normalized spacial score (nSPS) is 15.3. The molecule has 3 aromatic rings. The summed E-state index contributed by atoms with van der Waals surface area (Å²) < 4.78 is 39.9. The van der Waals surface area contributed by atoms with Crippen molar-refractivity contribution in [3.63, 3.8) is 0 Å². The van der Waals surface area contributed by atoms with Gasteiger partial charge in [0.25, 0.3) is 0 Å². The van der Waals surface area contributed by atoms with E-state index >= 15 is 0 Å². The average Bonchev–Trinajstić information content (AvgIpc) is 2.75. The Balaban J connectivity index is 1.37. The maximum Gasteiger partial charge on any atom is 0.418 e. The van der Waals surface area contributed by atoms with Gasteiger partial charge in [0.2, 0.25) is 5.91 Å². The summed E-state index contributed by atoms with van der Waals surface area (Å²) in [6.45, 7) is 0.972. The number of anilines is 2. The number of likely N-dealkylation sites (tertiary alicyclic amines) is 1. The van der Waals surface area contributed by atoms with Crippen molar-refractivity contribution in [2.24, 2.45) is 0 Å². The van der Waals surface area contributed by atoms with Gasteiger partial charge < -0.3 is 16.0 Å². The number of piperidine rings is 1. The summed E-state index contributed by atoms with van der Waals surface area (Å²) in [7, 11) is 0. The molecule has 1 aromatic heterocycles. The zero-order chi connectivity index (χ0) is 22.0. The summed E-state index contributed by atoms with van der Waals surface area (Å²) in [4.78, 5) is 18.8. The van der Waals surface area contributed by atoms with E-state index in [1.165, 1.54) is 12.1 Å². The van der Waals surface area contributed by atoms with Crippen molar-refractivity contribution in [1.82, 2.24) is 9.88 Å². The number of fused-ring (bicyclic) bond motifs is 1. The summed E-state index contributed by atoms with van der Waals surface area (Å²) in [5.74, 6) is 0.0110. The number of hydrogen-bond donors (Lipinski definition) is 2. The molecule has 0 saturated carbocycles. The molecule has 1 saturated heterocycles. The maximum absolute atomic E-state index is 13.3. The third-order valence-corrected chi connectivity index (χ3v) is 5.62. The molecule has 0 spiro atoms. The summed E-state index contributed by atoms with van der Waals surface area (Å²) in [6.07, 6.45) is -1.36. The number of nitrogens with zero attached hydrogens (tertiary/aromatic N) is 2. The van der Waals surface area contributed by atoms with Crippen molar-refractivity contribution in [2.45, 2.75) is 31.5 Å². The number of hydrogen-bond acceptors (Lipinski definition) is 4. The van der Waals surface area contributed by atoms with Gasteiger partial charge in [-0.25, -0.2) is 0 Å². The molecule has 1 amide bonds. The minimum absolute atomic E-state index is 0.0110. The van der Waals surface area contributed by atoms with Crippen LogP contribution in [0.2, 0.25) is 0 Å². The van der Waals surface area contributed by atoms with E-state index in [-0.39, 0.29) is 29.7 Å². The van der Waals surface area contributed by atoms with Gasteiger partial charge in [0.15, 0.2) is 0 Å². The Morgan fingerprint density at radius 2 is 1.90 bits per heavy atom. The van der Waals surface area contributed by atoms with E-state index in [2.05, 4.69) is 10.3 Å². The van der Waals surface area contributed by atoms with E-state index in [0.717, 1.165) is 22.5 Å². The van der Waals surface area contributed by atoms with E-state index in [4.69, 9.17) is 5.73 Å². The van der Waals surface area contributed by atoms with Crippen LogP contribution in [-0.4, -0.2) is 34.9 Å². The number of nitrogens with two attached hydrogens (primary N) is 1. The first kappa shape index (κ1) is 21.0. The Labute approximate surface area is 178 Å². The molecule has 1 aliphatic heterocycles. The van der Waals surface area contributed by atoms with Crippen LogP contribution in [0.4, 0.5) is 24.5 Å². The molecule has 162 valence electrons. The molecule has 2 heterocycles. The zero-order valence-corrected chi connectivity index (χ0v) is 16.8. The van der Waals surface area contributed by atoms with Gasteiger partial charge in [0.05, 0.1) is 28.9 Å².